The second kappa shape index (κ2) is 6.83. The second-order valence-electron chi connectivity index (χ2n) is 7.93. The maximum Gasteiger partial charge on any atom is 0.174 e. The molecule has 0 N–H and O–H groups in total. The van der Waals surface area contributed by atoms with Gasteiger partial charge in [0, 0.05) is 17.0 Å². The first-order valence-corrected chi connectivity index (χ1v) is 10.6. The Morgan fingerprint density at radius 3 is 2.27 bits per heavy atom. The van der Waals surface area contributed by atoms with E-state index < -0.39 is 9.93 Å². The molecular formula is C25H22Cl2O3. The van der Waals surface area contributed by atoms with Crippen LogP contribution in [0, 0.1) is 12.8 Å². The van der Waals surface area contributed by atoms with Crippen LogP contribution in [0.25, 0.3) is 0 Å². The van der Waals surface area contributed by atoms with Crippen LogP contribution in [0.15, 0.2) is 66.7 Å². The molecule has 0 aromatic heterocycles. The third-order valence-corrected chi connectivity index (χ3v) is 7.38. The number of benzene rings is 3. The van der Waals surface area contributed by atoms with Crippen molar-refractivity contribution >= 4 is 23.2 Å². The van der Waals surface area contributed by atoms with Crippen molar-refractivity contribution in [1.82, 2.24) is 0 Å². The van der Waals surface area contributed by atoms with Crippen LogP contribution >= 0.6 is 23.2 Å². The molecule has 1 aliphatic carbocycles. The van der Waals surface area contributed by atoms with Crippen molar-refractivity contribution in [2.24, 2.45) is 5.92 Å². The molecule has 0 amide bonds. The van der Waals surface area contributed by atoms with E-state index in [2.05, 4.69) is 37.3 Å². The normalized spacial score (nSPS) is 25.5. The molecule has 0 radical (unpaired) electrons. The summed E-state index contributed by atoms with van der Waals surface area (Å²) in [6, 6.07) is 22.4. The molecule has 3 aromatic rings. The van der Waals surface area contributed by atoms with E-state index in [9.17, 15) is 0 Å². The third kappa shape index (κ3) is 2.58. The molecule has 3 atom stereocenters. The van der Waals surface area contributed by atoms with E-state index >= 15 is 0 Å². The first kappa shape index (κ1) is 19.6. The van der Waals surface area contributed by atoms with E-state index in [0.29, 0.717) is 11.5 Å². The molecule has 2 aliphatic rings. The number of fused-ring (bicyclic) bond motifs is 2. The van der Waals surface area contributed by atoms with E-state index in [1.165, 1.54) is 11.1 Å². The molecule has 1 heterocycles. The van der Waals surface area contributed by atoms with Gasteiger partial charge in [0.15, 0.2) is 21.4 Å². The maximum absolute atomic E-state index is 7.01. The summed E-state index contributed by atoms with van der Waals surface area (Å²) >= 11 is 14.0. The van der Waals surface area contributed by atoms with Gasteiger partial charge in [-0.1, -0.05) is 77.3 Å². The topological polar surface area (TPSA) is 27.7 Å². The van der Waals surface area contributed by atoms with Gasteiger partial charge in [-0.05, 0) is 30.7 Å². The fourth-order valence-corrected chi connectivity index (χ4v) is 5.79. The summed E-state index contributed by atoms with van der Waals surface area (Å²) < 4.78 is 16.4. The standard InChI is InChI=1S/C25H22Cl2O3/c1-15-8-10-16(11-9-15)22-18-6-4-5-7-19(18)30-24(23(22)25(24,26)27)17-12-13-20(28-2)21(14-17)29-3/h4-14,22-23H,1-3H3/t22-,23+,24-/m0/s1. The molecule has 0 spiro atoms. The van der Waals surface area contributed by atoms with E-state index in [0.717, 1.165) is 16.9 Å². The smallest absolute Gasteiger partial charge is 0.174 e. The summed E-state index contributed by atoms with van der Waals surface area (Å²) in [7, 11) is 3.23. The molecule has 1 aliphatic heterocycles. The van der Waals surface area contributed by atoms with E-state index in [1.54, 1.807) is 14.2 Å². The van der Waals surface area contributed by atoms with Gasteiger partial charge >= 0.3 is 0 Å². The fraction of sp³-hybridized carbons (Fsp3) is 0.280. The summed E-state index contributed by atoms with van der Waals surface area (Å²) in [4.78, 5) is 0. The fourth-order valence-electron chi connectivity index (χ4n) is 4.81. The quantitative estimate of drug-likeness (QED) is 0.449. The van der Waals surface area contributed by atoms with Gasteiger partial charge < -0.3 is 14.2 Å². The zero-order chi connectivity index (χ0) is 21.1. The number of rotatable bonds is 4. The Kier molecular flexibility index (Phi) is 4.46. The van der Waals surface area contributed by atoms with Crippen LogP contribution in [0.3, 0.4) is 0 Å². The lowest BCUT2D eigenvalue weighted by Crippen LogP contribution is -2.29. The molecule has 3 nitrogen and oxygen atoms in total. The second-order valence-corrected chi connectivity index (χ2v) is 9.32. The number of para-hydroxylation sites is 1. The van der Waals surface area contributed by atoms with Crippen molar-refractivity contribution in [1.29, 1.82) is 0 Å². The first-order chi connectivity index (χ1) is 14.4. The summed E-state index contributed by atoms with van der Waals surface area (Å²) in [6.45, 7) is 2.08. The Bertz CT molecular complexity index is 1110. The lowest BCUT2D eigenvalue weighted by atomic mass is 9.82. The lowest BCUT2D eigenvalue weighted by Gasteiger charge is -2.32. The number of hydrogen-bond acceptors (Lipinski definition) is 3. The van der Waals surface area contributed by atoms with Gasteiger partial charge in [0.05, 0.1) is 20.1 Å². The SMILES string of the molecule is COc1ccc([C@]23Oc4ccccc4[C@H](c4ccc(C)cc4)[C@H]2C3(Cl)Cl)cc1OC. The zero-order valence-electron chi connectivity index (χ0n) is 17.0. The van der Waals surface area contributed by atoms with Gasteiger partial charge in [-0.2, -0.15) is 0 Å². The maximum atomic E-state index is 7.01. The van der Waals surface area contributed by atoms with Crippen LogP contribution in [0.1, 0.15) is 28.2 Å². The highest BCUT2D eigenvalue weighted by atomic mass is 35.5. The van der Waals surface area contributed by atoms with Gasteiger partial charge in [0.1, 0.15) is 5.75 Å². The molecule has 30 heavy (non-hydrogen) atoms. The summed E-state index contributed by atoms with van der Waals surface area (Å²) in [5.74, 6) is 1.93. The molecule has 3 aromatic carbocycles. The number of ether oxygens (including phenoxy) is 3. The minimum absolute atomic E-state index is 0.0126. The number of aryl methyl sites for hydroxylation is 1. The highest BCUT2D eigenvalue weighted by Gasteiger charge is 2.83. The molecule has 0 unspecified atom stereocenters. The Morgan fingerprint density at radius 2 is 1.57 bits per heavy atom. The minimum atomic E-state index is -1.10. The zero-order valence-corrected chi connectivity index (χ0v) is 18.5. The van der Waals surface area contributed by atoms with Crippen LogP contribution in [0.2, 0.25) is 0 Å². The molecule has 1 fully saturated rings. The van der Waals surface area contributed by atoms with Gasteiger partial charge in [0.25, 0.3) is 0 Å². The summed E-state index contributed by atoms with van der Waals surface area (Å²) in [6.07, 6.45) is 0. The van der Waals surface area contributed by atoms with Crippen molar-refractivity contribution in [3.8, 4) is 17.2 Å². The van der Waals surface area contributed by atoms with Gasteiger partial charge in [-0.15, -0.1) is 0 Å². The van der Waals surface area contributed by atoms with Crippen molar-refractivity contribution in [3.05, 3.63) is 89.0 Å². The van der Waals surface area contributed by atoms with Crippen molar-refractivity contribution < 1.29 is 14.2 Å². The minimum Gasteiger partial charge on any atom is -0.493 e. The molecule has 5 heteroatoms. The monoisotopic (exact) mass is 440 g/mol. The predicted molar refractivity (Wildman–Crippen MR) is 119 cm³/mol. The molecule has 0 bridgehead atoms. The first-order valence-electron chi connectivity index (χ1n) is 9.89. The average Bonchev–Trinajstić information content (AvgIpc) is 3.27. The van der Waals surface area contributed by atoms with Crippen molar-refractivity contribution in [2.75, 3.05) is 14.2 Å². The Hall–Kier alpha value is -2.36. The number of alkyl halides is 2. The Labute approximate surface area is 186 Å². The van der Waals surface area contributed by atoms with E-state index in [-0.39, 0.29) is 11.8 Å². The number of halogens is 2. The van der Waals surface area contributed by atoms with Crippen LogP contribution in [-0.4, -0.2) is 18.6 Å². The van der Waals surface area contributed by atoms with E-state index in [1.807, 2.05) is 36.4 Å². The molecule has 1 saturated carbocycles. The van der Waals surface area contributed by atoms with E-state index in [4.69, 9.17) is 37.4 Å². The summed E-state index contributed by atoms with van der Waals surface area (Å²) in [5, 5.41) is 0. The highest BCUT2D eigenvalue weighted by Crippen LogP contribution is 2.77. The van der Waals surface area contributed by atoms with Gasteiger partial charge in [-0.25, -0.2) is 0 Å². The highest BCUT2D eigenvalue weighted by molar-refractivity contribution is 6.52. The molecule has 0 saturated heterocycles. The molecule has 154 valence electrons. The predicted octanol–water partition coefficient (Wildman–Crippen LogP) is 6.24. The van der Waals surface area contributed by atoms with Gasteiger partial charge in [-0.3, -0.25) is 0 Å². The number of hydrogen-bond donors (Lipinski definition) is 0. The third-order valence-electron chi connectivity index (χ3n) is 6.35. The Morgan fingerprint density at radius 1 is 0.867 bits per heavy atom. The molecular weight excluding hydrogens is 419 g/mol. The van der Waals surface area contributed by atoms with Crippen molar-refractivity contribution in [3.63, 3.8) is 0 Å². The van der Waals surface area contributed by atoms with Crippen LogP contribution in [-0.2, 0) is 5.60 Å². The summed E-state index contributed by atoms with van der Waals surface area (Å²) in [5.41, 5.74) is 3.49. The van der Waals surface area contributed by atoms with Crippen LogP contribution < -0.4 is 14.2 Å². The van der Waals surface area contributed by atoms with Crippen LogP contribution in [0.5, 0.6) is 17.2 Å². The van der Waals surface area contributed by atoms with Crippen molar-refractivity contribution in [2.45, 2.75) is 22.8 Å². The molecule has 5 rings (SSSR count). The van der Waals surface area contributed by atoms with Gasteiger partial charge in [0.2, 0.25) is 0 Å². The number of methoxy groups -OCH3 is 2. The van der Waals surface area contributed by atoms with Crippen LogP contribution in [0.4, 0.5) is 0 Å². The Balaban J connectivity index is 1.70. The lowest BCUT2D eigenvalue weighted by molar-refractivity contribution is 0.137. The largest absolute Gasteiger partial charge is 0.493 e. The average molecular weight is 441 g/mol.